The molecular formula is C16H25N5O. The minimum Gasteiger partial charge on any atom is -0.340 e. The molecule has 2 aliphatic heterocycles. The molecule has 2 fully saturated rings. The highest BCUT2D eigenvalue weighted by Crippen LogP contribution is 2.39. The normalized spacial score (nSPS) is 28.9. The lowest BCUT2D eigenvalue weighted by atomic mass is 9.72. The van der Waals surface area contributed by atoms with Crippen molar-refractivity contribution in [3.05, 3.63) is 0 Å². The van der Waals surface area contributed by atoms with E-state index in [0.29, 0.717) is 5.96 Å². The second kappa shape index (κ2) is 6.25. The van der Waals surface area contributed by atoms with Gasteiger partial charge in [-0.2, -0.15) is 5.26 Å². The van der Waals surface area contributed by atoms with Crippen LogP contribution in [-0.2, 0) is 4.79 Å². The maximum absolute atomic E-state index is 12.4. The maximum Gasteiger partial charge on any atom is 0.246 e. The van der Waals surface area contributed by atoms with Gasteiger partial charge in [0.25, 0.3) is 0 Å². The molecule has 1 amide bonds. The largest absolute Gasteiger partial charge is 0.340 e. The molecule has 0 aromatic carbocycles. The molecule has 1 aliphatic carbocycles. The summed E-state index contributed by atoms with van der Waals surface area (Å²) in [6, 6.07) is 2.21. The lowest BCUT2D eigenvalue weighted by Gasteiger charge is -2.43. The molecular weight excluding hydrogens is 278 g/mol. The van der Waals surface area contributed by atoms with E-state index in [-0.39, 0.29) is 5.91 Å². The van der Waals surface area contributed by atoms with Crippen molar-refractivity contribution < 1.29 is 4.79 Å². The summed E-state index contributed by atoms with van der Waals surface area (Å²) in [4.78, 5) is 21.9. The monoisotopic (exact) mass is 303 g/mol. The second-order valence-electron chi connectivity index (χ2n) is 6.57. The number of piperazine rings is 1. The highest BCUT2D eigenvalue weighted by Gasteiger charge is 2.48. The number of rotatable bonds is 1. The van der Waals surface area contributed by atoms with E-state index >= 15 is 0 Å². The summed E-state index contributed by atoms with van der Waals surface area (Å²) in [6.45, 7) is 7.01. The number of aliphatic imine (C=N–C) groups is 1. The van der Waals surface area contributed by atoms with E-state index in [1.807, 2.05) is 0 Å². The molecule has 0 aromatic heterocycles. The summed E-state index contributed by atoms with van der Waals surface area (Å²) in [5.74, 6) is -0.0880. The van der Waals surface area contributed by atoms with Gasteiger partial charge < -0.3 is 9.80 Å². The Balaban J connectivity index is 1.82. The number of hydrogen-bond acceptors (Lipinski definition) is 5. The number of guanidine groups is 1. The number of nitriles is 1. The molecule has 120 valence electrons. The molecule has 1 saturated carbocycles. The number of carbonyl (C=O) groups excluding carboxylic acids is 1. The third kappa shape index (κ3) is 2.70. The first-order valence-electron chi connectivity index (χ1n) is 8.46. The molecule has 0 radical (unpaired) electrons. The highest BCUT2D eigenvalue weighted by molar-refractivity contribution is 6.02. The van der Waals surface area contributed by atoms with Crippen LogP contribution in [0.5, 0.6) is 0 Å². The summed E-state index contributed by atoms with van der Waals surface area (Å²) < 4.78 is 0. The van der Waals surface area contributed by atoms with Crippen LogP contribution in [0, 0.1) is 17.2 Å². The second-order valence-corrected chi connectivity index (χ2v) is 6.57. The Morgan fingerprint density at radius 1 is 1.27 bits per heavy atom. The summed E-state index contributed by atoms with van der Waals surface area (Å²) in [5, 5.41) is 12.3. The number of hydrogen-bond donors (Lipinski definition) is 1. The average Bonchev–Trinajstić information content (AvgIpc) is 2.55. The van der Waals surface area contributed by atoms with E-state index in [9.17, 15) is 10.1 Å². The van der Waals surface area contributed by atoms with Gasteiger partial charge in [-0.15, -0.1) is 0 Å². The third-order valence-corrected chi connectivity index (χ3v) is 5.33. The Morgan fingerprint density at radius 3 is 2.55 bits per heavy atom. The molecule has 1 saturated heterocycles. The summed E-state index contributed by atoms with van der Waals surface area (Å²) >= 11 is 0. The van der Waals surface area contributed by atoms with Crippen LogP contribution in [0.25, 0.3) is 0 Å². The fourth-order valence-electron chi connectivity index (χ4n) is 3.90. The van der Waals surface area contributed by atoms with Crippen molar-refractivity contribution in [2.45, 2.75) is 44.6 Å². The number of likely N-dealkylation sites (N-methyl/N-ethyl adjacent to an activating group) is 1. The van der Waals surface area contributed by atoms with Gasteiger partial charge in [-0.1, -0.05) is 26.2 Å². The lowest BCUT2D eigenvalue weighted by molar-refractivity contribution is -0.125. The molecule has 1 spiro atoms. The molecule has 2 heterocycles. The first-order valence-corrected chi connectivity index (χ1v) is 8.46. The van der Waals surface area contributed by atoms with Crippen LogP contribution in [0.3, 0.4) is 0 Å². The van der Waals surface area contributed by atoms with Crippen molar-refractivity contribution in [1.29, 1.82) is 5.26 Å². The van der Waals surface area contributed by atoms with E-state index in [1.54, 1.807) is 0 Å². The van der Waals surface area contributed by atoms with Crippen molar-refractivity contribution in [3.8, 4) is 6.07 Å². The molecule has 0 aromatic rings. The van der Waals surface area contributed by atoms with Gasteiger partial charge in [-0.05, 0) is 19.4 Å². The molecule has 0 unspecified atom stereocenters. The predicted molar refractivity (Wildman–Crippen MR) is 84.2 cm³/mol. The van der Waals surface area contributed by atoms with Crippen molar-refractivity contribution >= 4 is 11.9 Å². The van der Waals surface area contributed by atoms with E-state index in [0.717, 1.165) is 58.4 Å². The fourth-order valence-corrected chi connectivity index (χ4v) is 3.90. The van der Waals surface area contributed by atoms with Gasteiger partial charge in [0.1, 0.15) is 0 Å². The Labute approximate surface area is 132 Å². The zero-order valence-electron chi connectivity index (χ0n) is 13.3. The van der Waals surface area contributed by atoms with Crippen molar-refractivity contribution in [2.75, 3.05) is 32.7 Å². The van der Waals surface area contributed by atoms with Gasteiger partial charge in [0.15, 0.2) is 5.92 Å². The summed E-state index contributed by atoms with van der Waals surface area (Å²) in [5.41, 5.74) is -0.480. The van der Waals surface area contributed by atoms with Crippen molar-refractivity contribution in [3.63, 3.8) is 0 Å². The van der Waals surface area contributed by atoms with E-state index < -0.39 is 11.5 Å². The van der Waals surface area contributed by atoms with Crippen LogP contribution in [0.1, 0.15) is 39.0 Å². The topological polar surface area (TPSA) is 71.7 Å². The molecule has 6 heteroatoms. The maximum atomic E-state index is 12.4. The SMILES string of the molecule is CCN1CCN(C2=NC3(CCCCC3)[C@@H](C#N)C(=O)N2)CC1. The molecule has 1 N–H and O–H groups in total. The third-order valence-electron chi connectivity index (χ3n) is 5.33. The van der Waals surface area contributed by atoms with Crippen LogP contribution >= 0.6 is 0 Å². The van der Waals surface area contributed by atoms with Crippen LogP contribution in [-0.4, -0.2) is 59.9 Å². The van der Waals surface area contributed by atoms with Gasteiger partial charge in [0, 0.05) is 26.2 Å². The van der Waals surface area contributed by atoms with Gasteiger partial charge in [0.05, 0.1) is 11.6 Å². The lowest BCUT2D eigenvalue weighted by Crippen LogP contribution is -2.60. The quantitative estimate of drug-likeness (QED) is 0.783. The van der Waals surface area contributed by atoms with Crippen LogP contribution in [0.15, 0.2) is 4.99 Å². The Bertz CT molecular complexity index is 495. The van der Waals surface area contributed by atoms with Crippen LogP contribution in [0.4, 0.5) is 0 Å². The van der Waals surface area contributed by atoms with Crippen LogP contribution < -0.4 is 5.32 Å². The van der Waals surface area contributed by atoms with Crippen molar-refractivity contribution in [1.82, 2.24) is 15.1 Å². The van der Waals surface area contributed by atoms with Gasteiger partial charge >= 0.3 is 0 Å². The van der Waals surface area contributed by atoms with Gasteiger partial charge in [-0.3, -0.25) is 10.1 Å². The van der Waals surface area contributed by atoms with Crippen LogP contribution in [0.2, 0.25) is 0 Å². The number of carbonyl (C=O) groups is 1. The fraction of sp³-hybridized carbons (Fsp3) is 0.812. The molecule has 3 rings (SSSR count). The number of amides is 1. The zero-order valence-corrected chi connectivity index (χ0v) is 13.3. The Hall–Kier alpha value is -1.61. The van der Waals surface area contributed by atoms with Crippen molar-refractivity contribution in [2.24, 2.45) is 10.9 Å². The van der Waals surface area contributed by atoms with E-state index in [4.69, 9.17) is 4.99 Å². The summed E-state index contributed by atoms with van der Waals surface area (Å²) in [7, 11) is 0. The standard InChI is InChI=1S/C16H25N5O/c1-2-20-8-10-21(11-9-20)15-18-14(22)13(12-17)16(19-15)6-4-3-5-7-16/h13H,2-11H2,1H3,(H,18,19,22)/t13-/m0/s1. The minimum atomic E-state index is -0.631. The van der Waals surface area contributed by atoms with Gasteiger partial charge in [0.2, 0.25) is 11.9 Å². The molecule has 22 heavy (non-hydrogen) atoms. The first-order chi connectivity index (χ1) is 10.7. The predicted octanol–water partition coefficient (Wildman–Crippen LogP) is 0.952. The molecule has 0 bridgehead atoms. The molecule has 6 nitrogen and oxygen atoms in total. The highest BCUT2D eigenvalue weighted by atomic mass is 16.2. The smallest absolute Gasteiger partial charge is 0.246 e. The Morgan fingerprint density at radius 2 is 1.95 bits per heavy atom. The zero-order chi connectivity index (χ0) is 15.6. The average molecular weight is 303 g/mol. The Kier molecular flexibility index (Phi) is 4.34. The number of nitrogens with one attached hydrogen (secondary N) is 1. The number of nitrogens with zero attached hydrogens (tertiary/aromatic N) is 4. The van der Waals surface area contributed by atoms with E-state index in [2.05, 4.69) is 28.1 Å². The minimum absolute atomic E-state index is 0.160. The van der Waals surface area contributed by atoms with Gasteiger partial charge in [-0.25, -0.2) is 4.99 Å². The summed E-state index contributed by atoms with van der Waals surface area (Å²) in [6.07, 6.45) is 5.02. The first kappa shape index (κ1) is 15.3. The van der Waals surface area contributed by atoms with E-state index in [1.165, 1.54) is 6.42 Å². The molecule has 3 aliphatic rings. The molecule has 1 atom stereocenters.